The number of carboxylic acids is 1. The summed E-state index contributed by atoms with van der Waals surface area (Å²) in [5, 5.41) is 8.89. The Kier molecular flexibility index (Phi) is 3.10. The van der Waals surface area contributed by atoms with Crippen LogP contribution >= 0.6 is 11.3 Å². The number of pyridine rings is 1. The second kappa shape index (κ2) is 4.55. The molecule has 0 aliphatic rings. The van der Waals surface area contributed by atoms with Crippen molar-refractivity contribution < 1.29 is 9.90 Å². The van der Waals surface area contributed by atoms with Crippen molar-refractivity contribution in [3.63, 3.8) is 0 Å². The molecule has 0 aliphatic heterocycles. The van der Waals surface area contributed by atoms with E-state index >= 15 is 0 Å². The lowest BCUT2D eigenvalue weighted by Crippen LogP contribution is -2.18. The Morgan fingerprint density at radius 2 is 2.24 bits per heavy atom. The lowest BCUT2D eigenvalue weighted by atomic mass is 10.2. The SMILES string of the molecule is Cc1sc(C(=O)O)cc1Cn1ccccc1=O. The highest BCUT2D eigenvalue weighted by Crippen LogP contribution is 2.22. The number of hydrogen-bond acceptors (Lipinski definition) is 3. The van der Waals surface area contributed by atoms with Gasteiger partial charge in [-0.1, -0.05) is 6.07 Å². The zero-order valence-corrected chi connectivity index (χ0v) is 10.0. The van der Waals surface area contributed by atoms with Gasteiger partial charge in [0.15, 0.2) is 0 Å². The zero-order chi connectivity index (χ0) is 12.4. The quantitative estimate of drug-likeness (QED) is 0.904. The van der Waals surface area contributed by atoms with Gasteiger partial charge in [-0.05, 0) is 24.6 Å². The van der Waals surface area contributed by atoms with Crippen LogP contribution in [0.2, 0.25) is 0 Å². The van der Waals surface area contributed by atoms with Gasteiger partial charge in [0.25, 0.3) is 5.56 Å². The second-order valence-electron chi connectivity index (χ2n) is 3.66. The van der Waals surface area contributed by atoms with E-state index in [1.807, 2.05) is 6.92 Å². The lowest BCUT2D eigenvalue weighted by molar-refractivity contribution is 0.0702. The summed E-state index contributed by atoms with van der Waals surface area (Å²) in [6, 6.07) is 6.57. The van der Waals surface area contributed by atoms with Crippen molar-refractivity contribution in [1.82, 2.24) is 4.57 Å². The first-order valence-electron chi connectivity index (χ1n) is 5.06. The van der Waals surface area contributed by atoms with Crippen molar-refractivity contribution in [3.8, 4) is 0 Å². The van der Waals surface area contributed by atoms with Crippen molar-refractivity contribution in [2.75, 3.05) is 0 Å². The maximum Gasteiger partial charge on any atom is 0.345 e. The van der Waals surface area contributed by atoms with E-state index in [2.05, 4.69) is 0 Å². The Morgan fingerprint density at radius 3 is 2.82 bits per heavy atom. The molecule has 17 heavy (non-hydrogen) atoms. The van der Waals surface area contributed by atoms with Gasteiger partial charge in [0, 0.05) is 17.1 Å². The summed E-state index contributed by atoms with van der Waals surface area (Å²) in [6.07, 6.45) is 1.69. The number of hydrogen-bond donors (Lipinski definition) is 1. The van der Waals surface area contributed by atoms with Crippen LogP contribution in [0.15, 0.2) is 35.3 Å². The summed E-state index contributed by atoms with van der Waals surface area (Å²) < 4.78 is 1.56. The third kappa shape index (κ3) is 2.45. The molecule has 2 aromatic rings. The van der Waals surface area contributed by atoms with Crippen molar-refractivity contribution in [2.24, 2.45) is 0 Å². The Morgan fingerprint density at radius 1 is 1.47 bits per heavy atom. The fourth-order valence-corrected chi connectivity index (χ4v) is 2.43. The highest BCUT2D eigenvalue weighted by molar-refractivity contribution is 7.14. The fraction of sp³-hybridized carbons (Fsp3) is 0.167. The minimum absolute atomic E-state index is 0.0880. The minimum Gasteiger partial charge on any atom is -0.477 e. The fourth-order valence-electron chi connectivity index (χ4n) is 1.56. The first-order chi connectivity index (χ1) is 8.08. The summed E-state index contributed by atoms with van der Waals surface area (Å²) in [5.74, 6) is -0.926. The molecule has 0 saturated heterocycles. The van der Waals surface area contributed by atoms with Gasteiger partial charge in [0.1, 0.15) is 4.88 Å². The molecule has 4 nitrogen and oxygen atoms in total. The van der Waals surface area contributed by atoms with Gasteiger partial charge < -0.3 is 9.67 Å². The monoisotopic (exact) mass is 249 g/mol. The summed E-state index contributed by atoms with van der Waals surface area (Å²) >= 11 is 1.23. The number of carbonyl (C=O) groups is 1. The van der Waals surface area contributed by atoms with Crippen molar-refractivity contribution in [3.05, 3.63) is 56.1 Å². The van der Waals surface area contributed by atoms with E-state index < -0.39 is 5.97 Å². The highest BCUT2D eigenvalue weighted by atomic mass is 32.1. The molecular weight excluding hydrogens is 238 g/mol. The van der Waals surface area contributed by atoms with E-state index in [1.54, 1.807) is 29.0 Å². The third-order valence-corrected chi connectivity index (χ3v) is 3.55. The Hall–Kier alpha value is -1.88. The average Bonchev–Trinajstić information content (AvgIpc) is 2.64. The van der Waals surface area contributed by atoms with Crippen LogP contribution < -0.4 is 5.56 Å². The molecule has 0 unspecified atom stereocenters. The maximum atomic E-state index is 11.5. The van der Waals surface area contributed by atoms with Crippen LogP contribution in [0, 0.1) is 6.92 Å². The zero-order valence-electron chi connectivity index (χ0n) is 9.21. The molecule has 0 amide bonds. The summed E-state index contributed by atoms with van der Waals surface area (Å²) in [4.78, 5) is 23.6. The van der Waals surface area contributed by atoms with Crippen molar-refractivity contribution >= 4 is 17.3 Å². The van der Waals surface area contributed by atoms with Crippen molar-refractivity contribution in [2.45, 2.75) is 13.5 Å². The van der Waals surface area contributed by atoms with Gasteiger partial charge in [-0.3, -0.25) is 4.79 Å². The van der Waals surface area contributed by atoms with Crippen LogP contribution in [0.3, 0.4) is 0 Å². The van der Waals surface area contributed by atoms with Crippen LogP contribution in [0.1, 0.15) is 20.1 Å². The molecule has 0 fully saturated rings. The van der Waals surface area contributed by atoms with E-state index in [0.29, 0.717) is 11.4 Å². The number of thiophene rings is 1. The Labute approximate surface area is 102 Å². The first kappa shape index (κ1) is 11.6. The van der Waals surface area contributed by atoms with Gasteiger partial charge in [-0.25, -0.2) is 4.79 Å². The van der Waals surface area contributed by atoms with Gasteiger partial charge in [-0.15, -0.1) is 11.3 Å². The van der Waals surface area contributed by atoms with Gasteiger partial charge in [0.2, 0.25) is 0 Å². The van der Waals surface area contributed by atoms with E-state index in [0.717, 1.165) is 10.4 Å². The minimum atomic E-state index is -0.926. The molecular formula is C12H11NO3S. The Bertz CT molecular complexity index is 612. The molecule has 0 bridgehead atoms. The second-order valence-corrected chi connectivity index (χ2v) is 4.92. The van der Waals surface area contributed by atoms with Crippen LogP contribution in [0.5, 0.6) is 0 Å². The van der Waals surface area contributed by atoms with E-state index in [-0.39, 0.29) is 5.56 Å². The predicted molar refractivity (Wildman–Crippen MR) is 65.8 cm³/mol. The van der Waals surface area contributed by atoms with Gasteiger partial charge in [0.05, 0.1) is 6.54 Å². The summed E-state index contributed by atoms with van der Waals surface area (Å²) in [5.41, 5.74) is 0.788. The molecule has 0 aliphatic carbocycles. The van der Waals surface area contributed by atoms with E-state index in [1.165, 1.54) is 17.4 Å². The molecule has 1 N–H and O–H groups in total. The molecule has 0 saturated carbocycles. The number of aromatic nitrogens is 1. The first-order valence-corrected chi connectivity index (χ1v) is 5.87. The molecule has 0 aromatic carbocycles. The average molecular weight is 249 g/mol. The molecule has 5 heteroatoms. The molecule has 0 atom stereocenters. The molecule has 0 radical (unpaired) electrons. The molecule has 88 valence electrons. The topological polar surface area (TPSA) is 59.3 Å². The van der Waals surface area contributed by atoms with Crippen molar-refractivity contribution in [1.29, 1.82) is 0 Å². The molecule has 2 rings (SSSR count). The van der Waals surface area contributed by atoms with Gasteiger partial charge >= 0.3 is 5.97 Å². The molecule has 2 heterocycles. The predicted octanol–water partition coefficient (Wildman–Crippen LogP) is 1.96. The molecule has 2 aromatic heterocycles. The largest absolute Gasteiger partial charge is 0.477 e. The van der Waals surface area contributed by atoms with E-state index in [9.17, 15) is 9.59 Å². The third-order valence-electron chi connectivity index (χ3n) is 2.47. The van der Waals surface area contributed by atoms with Gasteiger partial charge in [-0.2, -0.15) is 0 Å². The van der Waals surface area contributed by atoms with Crippen LogP contribution in [-0.4, -0.2) is 15.6 Å². The standard InChI is InChI=1S/C12H11NO3S/c1-8-9(6-10(17-8)12(15)16)7-13-5-3-2-4-11(13)14/h2-6H,7H2,1H3,(H,15,16). The number of nitrogens with zero attached hydrogens (tertiary/aromatic N) is 1. The smallest absolute Gasteiger partial charge is 0.345 e. The van der Waals surface area contributed by atoms with Crippen LogP contribution in [-0.2, 0) is 6.54 Å². The highest BCUT2D eigenvalue weighted by Gasteiger charge is 2.11. The normalized spacial score (nSPS) is 10.4. The van der Waals surface area contributed by atoms with Crippen LogP contribution in [0.25, 0.3) is 0 Å². The van der Waals surface area contributed by atoms with Crippen LogP contribution in [0.4, 0.5) is 0 Å². The summed E-state index contributed by atoms with van der Waals surface area (Å²) in [7, 11) is 0. The van der Waals surface area contributed by atoms with E-state index in [4.69, 9.17) is 5.11 Å². The number of carboxylic acid groups (broad SMARTS) is 1. The number of rotatable bonds is 3. The molecule has 0 spiro atoms. The number of aromatic carboxylic acids is 1. The lowest BCUT2D eigenvalue weighted by Gasteiger charge is -2.03. The Balaban J connectivity index is 2.34. The maximum absolute atomic E-state index is 11.5. The summed E-state index contributed by atoms with van der Waals surface area (Å²) in [6.45, 7) is 2.27. The number of aryl methyl sites for hydroxylation is 1.